The standard InChI is InChI=1S/2C9H7.C4H10Cl2Si.Zr/c2*1-2-5-9-7-3-6-8(9)4-1;1-3-7(5,6)4-2;/h2*1-7H;3-4H2,1-2H3;/q2*-1;;+2. The Balaban J connectivity index is 0.000000194. The number of hydrogen-bond acceptors (Lipinski definition) is 0. The van der Waals surface area contributed by atoms with Crippen molar-refractivity contribution in [3.05, 3.63) is 84.9 Å². The molecule has 0 radical (unpaired) electrons. The summed E-state index contributed by atoms with van der Waals surface area (Å²) in [5.74, 6) is 0. The van der Waals surface area contributed by atoms with Gasteiger partial charge >= 0.3 is 26.2 Å². The summed E-state index contributed by atoms with van der Waals surface area (Å²) in [6, 6.07) is 31.3. The second-order valence-corrected chi connectivity index (χ2v) is 13.9. The molecule has 0 atom stereocenters. The van der Waals surface area contributed by atoms with Crippen LogP contribution in [0.4, 0.5) is 0 Å². The SMILES string of the molecule is CC[Si](Cl)(Cl)CC.[Zr+2].c1ccc2[cH-]ccc2c1.c1ccc2[cH-]ccc2c1. The average molecular weight is 479 g/mol. The number of hydrogen-bond donors (Lipinski definition) is 0. The molecule has 4 heteroatoms. The van der Waals surface area contributed by atoms with Crippen LogP contribution < -0.4 is 0 Å². The van der Waals surface area contributed by atoms with Crippen LogP contribution in [0.25, 0.3) is 21.5 Å². The zero-order valence-corrected chi connectivity index (χ0v) is 20.2. The van der Waals surface area contributed by atoms with E-state index < -0.39 is 6.69 Å². The number of halogens is 2. The quantitative estimate of drug-likeness (QED) is 0.155. The third kappa shape index (κ3) is 7.53. The number of rotatable bonds is 2. The van der Waals surface area contributed by atoms with E-state index in [1.54, 1.807) is 0 Å². The smallest absolute Gasteiger partial charge is 0.168 e. The van der Waals surface area contributed by atoms with Crippen molar-refractivity contribution in [3.63, 3.8) is 0 Å². The summed E-state index contributed by atoms with van der Waals surface area (Å²) in [5, 5.41) is 5.32. The molecule has 0 aromatic heterocycles. The first-order valence-electron chi connectivity index (χ1n) is 8.64. The normalized spacial score (nSPS) is 10.3. The molecule has 0 aliphatic heterocycles. The molecule has 26 heavy (non-hydrogen) atoms. The van der Waals surface area contributed by atoms with Crippen LogP contribution in [0.3, 0.4) is 0 Å². The average Bonchev–Trinajstić information content (AvgIpc) is 3.31. The maximum atomic E-state index is 5.81. The van der Waals surface area contributed by atoms with Crippen molar-refractivity contribution in [2.75, 3.05) is 0 Å². The van der Waals surface area contributed by atoms with Crippen LogP contribution in [0.15, 0.2) is 84.9 Å². The van der Waals surface area contributed by atoms with E-state index in [-0.39, 0.29) is 26.2 Å². The largest absolute Gasteiger partial charge is 2.00 e. The first-order chi connectivity index (χ1) is 12.1. The first-order valence-corrected chi connectivity index (χ1v) is 13.1. The van der Waals surface area contributed by atoms with E-state index in [2.05, 4.69) is 84.9 Å². The molecule has 0 N–H and O–H groups in total. The van der Waals surface area contributed by atoms with Gasteiger partial charge in [0.25, 0.3) is 6.69 Å². The Morgan fingerprint density at radius 1 is 0.692 bits per heavy atom. The molecule has 4 aromatic rings. The van der Waals surface area contributed by atoms with Crippen LogP contribution in [0.1, 0.15) is 13.8 Å². The van der Waals surface area contributed by atoms with Gasteiger partial charge in [0.1, 0.15) is 0 Å². The van der Waals surface area contributed by atoms with Crippen molar-refractivity contribution >= 4 is 50.4 Å². The van der Waals surface area contributed by atoms with Crippen molar-refractivity contribution in [2.45, 2.75) is 25.9 Å². The topological polar surface area (TPSA) is 0 Å². The fourth-order valence-corrected chi connectivity index (χ4v) is 2.89. The summed E-state index contributed by atoms with van der Waals surface area (Å²) in [4.78, 5) is 0. The number of benzene rings is 2. The Morgan fingerprint density at radius 2 is 1.08 bits per heavy atom. The van der Waals surface area contributed by atoms with E-state index in [0.29, 0.717) is 0 Å². The summed E-state index contributed by atoms with van der Waals surface area (Å²) in [5.41, 5.74) is 0. The molecular formula is C22H24Cl2SiZr. The third-order valence-corrected chi connectivity index (χ3v) is 9.41. The summed E-state index contributed by atoms with van der Waals surface area (Å²) in [6.45, 7) is 2.37. The predicted molar refractivity (Wildman–Crippen MR) is 118 cm³/mol. The van der Waals surface area contributed by atoms with E-state index in [0.717, 1.165) is 12.1 Å². The fourth-order valence-electron chi connectivity index (χ4n) is 2.39. The predicted octanol–water partition coefficient (Wildman–Crippen LogP) is 8.06. The fraction of sp³-hybridized carbons (Fsp3) is 0.182. The molecule has 134 valence electrons. The van der Waals surface area contributed by atoms with Crippen molar-refractivity contribution < 1.29 is 26.2 Å². The van der Waals surface area contributed by atoms with E-state index in [1.807, 2.05) is 13.8 Å². The summed E-state index contributed by atoms with van der Waals surface area (Å²) in [7, 11) is 0. The molecule has 0 saturated carbocycles. The van der Waals surface area contributed by atoms with Gasteiger partial charge in [-0.3, -0.25) is 0 Å². The molecule has 0 saturated heterocycles. The molecule has 0 amide bonds. The zero-order valence-electron chi connectivity index (χ0n) is 15.3. The van der Waals surface area contributed by atoms with Crippen LogP contribution in [0.2, 0.25) is 12.1 Å². The van der Waals surface area contributed by atoms with Gasteiger partial charge in [-0.25, -0.2) is 0 Å². The Labute approximate surface area is 186 Å². The molecule has 0 heterocycles. The zero-order chi connectivity index (χ0) is 18.1. The molecule has 0 spiro atoms. The van der Waals surface area contributed by atoms with Crippen molar-refractivity contribution in [1.82, 2.24) is 0 Å². The molecule has 4 rings (SSSR count). The van der Waals surface area contributed by atoms with E-state index in [4.69, 9.17) is 22.2 Å². The molecule has 0 aliphatic rings. The Hall–Kier alpha value is -0.660. The van der Waals surface area contributed by atoms with E-state index >= 15 is 0 Å². The molecule has 0 fully saturated rings. The van der Waals surface area contributed by atoms with Crippen LogP contribution >= 0.6 is 22.2 Å². The molecule has 0 unspecified atom stereocenters. The van der Waals surface area contributed by atoms with E-state index in [1.165, 1.54) is 21.5 Å². The second-order valence-electron chi connectivity index (χ2n) is 5.87. The van der Waals surface area contributed by atoms with Gasteiger partial charge < -0.3 is 0 Å². The van der Waals surface area contributed by atoms with Gasteiger partial charge in [-0.15, -0.1) is 81.5 Å². The third-order valence-electron chi connectivity index (χ3n) is 4.13. The van der Waals surface area contributed by atoms with Crippen LogP contribution in [0.5, 0.6) is 0 Å². The summed E-state index contributed by atoms with van der Waals surface area (Å²) >= 11 is 11.6. The molecular weight excluding hydrogens is 454 g/mol. The van der Waals surface area contributed by atoms with Crippen molar-refractivity contribution in [2.24, 2.45) is 0 Å². The monoisotopic (exact) mass is 476 g/mol. The maximum Gasteiger partial charge on any atom is 2.00 e. The Morgan fingerprint density at radius 3 is 1.38 bits per heavy atom. The van der Waals surface area contributed by atoms with Gasteiger partial charge in [0.2, 0.25) is 0 Å². The minimum absolute atomic E-state index is 0. The molecule has 0 bridgehead atoms. The van der Waals surface area contributed by atoms with Crippen LogP contribution in [0, 0.1) is 0 Å². The van der Waals surface area contributed by atoms with E-state index in [9.17, 15) is 0 Å². The van der Waals surface area contributed by atoms with Gasteiger partial charge in [0.15, 0.2) is 0 Å². The van der Waals surface area contributed by atoms with Gasteiger partial charge in [-0.2, -0.15) is 35.0 Å². The van der Waals surface area contributed by atoms with Crippen LogP contribution in [-0.4, -0.2) is 6.69 Å². The van der Waals surface area contributed by atoms with Crippen LogP contribution in [-0.2, 0) is 26.2 Å². The van der Waals surface area contributed by atoms with Gasteiger partial charge in [-0.05, 0) is 12.1 Å². The maximum absolute atomic E-state index is 5.81. The molecule has 0 aliphatic carbocycles. The minimum atomic E-state index is -1.71. The summed E-state index contributed by atoms with van der Waals surface area (Å²) < 4.78 is 0. The molecule has 0 nitrogen and oxygen atoms in total. The number of fused-ring (bicyclic) bond motifs is 2. The Bertz CT molecular complexity index is 747. The van der Waals surface area contributed by atoms with Crippen molar-refractivity contribution in [3.8, 4) is 0 Å². The van der Waals surface area contributed by atoms with Gasteiger partial charge in [0, 0.05) is 0 Å². The minimum Gasteiger partial charge on any atom is -0.168 e. The first kappa shape index (κ1) is 23.4. The van der Waals surface area contributed by atoms with Gasteiger partial charge in [-0.1, -0.05) is 26.0 Å². The molecule has 4 aromatic carbocycles. The van der Waals surface area contributed by atoms with Gasteiger partial charge in [0.05, 0.1) is 0 Å². The van der Waals surface area contributed by atoms with Crippen molar-refractivity contribution in [1.29, 1.82) is 0 Å². The Kier molecular flexibility index (Phi) is 10.7. The summed E-state index contributed by atoms with van der Waals surface area (Å²) in [6.07, 6.45) is 0. The second kappa shape index (κ2) is 11.9.